The molecule has 1 saturated heterocycles. The second kappa shape index (κ2) is 10.3. The number of morpholine rings is 1. The lowest BCUT2D eigenvalue weighted by atomic mass is 9.98. The van der Waals surface area contributed by atoms with E-state index in [1.807, 2.05) is 6.07 Å². The Morgan fingerprint density at radius 3 is 2.41 bits per heavy atom. The summed E-state index contributed by atoms with van der Waals surface area (Å²) in [5, 5.41) is 3.59. The van der Waals surface area contributed by atoms with E-state index in [0.717, 1.165) is 63.9 Å². The molecule has 1 fully saturated rings. The third-order valence-corrected chi connectivity index (χ3v) is 4.94. The summed E-state index contributed by atoms with van der Waals surface area (Å²) < 4.78 is 16.4. The molecule has 5 nitrogen and oxygen atoms in total. The number of nitrogens with one attached hydrogen (secondary N) is 1. The maximum Gasteiger partial charge on any atom is 0.161 e. The lowest BCUT2D eigenvalue weighted by Gasteiger charge is -2.26. The molecule has 146 valence electrons. The molecule has 0 spiro atoms. The average Bonchev–Trinajstić information content (AvgIpc) is 2.74. The van der Waals surface area contributed by atoms with Crippen molar-refractivity contribution < 1.29 is 14.2 Å². The van der Waals surface area contributed by atoms with Gasteiger partial charge in [0.25, 0.3) is 0 Å². The topological polar surface area (TPSA) is 43.0 Å². The number of hydrogen-bond donors (Lipinski definition) is 1. The number of methoxy groups -OCH3 is 2. The quantitative estimate of drug-likeness (QED) is 0.687. The fourth-order valence-corrected chi connectivity index (χ4v) is 3.43. The monoisotopic (exact) mass is 370 g/mol. The molecule has 0 bridgehead atoms. The molecule has 0 radical (unpaired) electrons. The van der Waals surface area contributed by atoms with E-state index in [0.29, 0.717) is 0 Å². The predicted molar refractivity (Wildman–Crippen MR) is 109 cm³/mol. The number of rotatable bonds is 9. The van der Waals surface area contributed by atoms with Crippen LogP contribution in [0, 0.1) is 0 Å². The number of benzene rings is 2. The molecule has 1 aliphatic heterocycles. The fraction of sp³-hybridized carbons (Fsp3) is 0.455. The summed E-state index contributed by atoms with van der Waals surface area (Å²) in [6.45, 7) is 6.72. The minimum atomic E-state index is 0.757. The van der Waals surface area contributed by atoms with E-state index in [-0.39, 0.29) is 0 Å². The van der Waals surface area contributed by atoms with Gasteiger partial charge in [-0.15, -0.1) is 0 Å². The van der Waals surface area contributed by atoms with Crippen LogP contribution in [0.3, 0.4) is 0 Å². The minimum absolute atomic E-state index is 0.757. The Hall–Kier alpha value is -2.08. The van der Waals surface area contributed by atoms with Crippen molar-refractivity contribution in [2.75, 3.05) is 53.6 Å². The molecule has 2 aromatic rings. The highest BCUT2D eigenvalue weighted by molar-refractivity contribution is 5.71. The first-order valence-electron chi connectivity index (χ1n) is 9.63. The Labute approximate surface area is 162 Å². The van der Waals surface area contributed by atoms with E-state index < -0.39 is 0 Å². The van der Waals surface area contributed by atoms with Gasteiger partial charge in [-0.25, -0.2) is 0 Å². The Morgan fingerprint density at radius 2 is 1.70 bits per heavy atom. The Balaban J connectivity index is 1.64. The van der Waals surface area contributed by atoms with Crippen LogP contribution < -0.4 is 14.8 Å². The van der Waals surface area contributed by atoms with Gasteiger partial charge < -0.3 is 19.5 Å². The molecule has 0 saturated carbocycles. The molecular formula is C22H30N2O3. The molecule has 1 heterocycles. The van der Waals surface area contributed by atoms with E-state index in [2.05, 4.69) is 46.6 Å². The van der Waals surface area contributed by atoms with Crippen molar-refractivity contribution >= 4 is 0 Å². The van der Waals surface area contributed by atoms with E-state index >= 15 is 0 Å². The third-order valence-electron chi connectivity index (χ3n) is 4.94. The van der Waals surface area contributed by atoms with Crippen molar-refractivity contribution in [2.24, 2.45) is 0 Å². The molecule has 27 heavy (non-hydrogen) atoms. The smallest absolute Gasteiger partial charge is 0.161 e. The fourth-order valence-electron chi connectivity index (χ4n) is 3.43. The molecule has 2 aromatic carbocycles. The van der Waals surface area contributed by atoms with Crippen LogP contribution in [-0.2, 0) is 11.3 Å². The van der Waals surface area contributed by atoms with Gasteiger partial charge in [-0.1, -0.05) is 30.3 Å². The highest BCUT2D eigenvalue weighted by Gasteiger charge is 2.13. The summed E-state index contributed by atoms with van der Waals surface area (Å²) in [4.78, 5) is 2.47. The number of nitrogens with zero attached hydrogens (tertiary/aromatic N) is 1. The zero-order valence-corrected chi connectivity index (χ0v) is 16.4. The minimum Gasteiger partial charge on any atom is -0.493 e. The zero-order chi connectivity index (χ0) is 18.9. The van der Waals surface area contributed by atoms with Crippen molar-refractivity contribution in [1.29, 1.82) is 0 Å². The first-order valence-corrected chi connectivity index (χ1v) is 9.63. The summed E-state index contributed by atoms with van der Waals surface area (Å²) in [5.74, 6) is 1.52. The summed E-state index contributed by atoms with van der Waals surface area (Å²) in [7, 11) is 3.36. The molecule has 1 aliphatic rings. The van der Waals surface area contributed by atoms with Crippen LogP contribution in [0.4, 0.5) is 0 Å². The summed E-state index contributed by atoms with van der Waals surface area (Å²) in [6.07, 6.45) is 1.13. The lowest BCUT2D eigenvalue weighted by Crippen LogP contribution is -2.37. The van der Waals surface area contributed by atoms with Crippen molar-refractivity contribution in [3.63, 3.8) is 0 Å². The maximum absolute atomic E-state index is 5.50. The van der Waals surface area contributed by atoms with Crippen molar-refractivity contribution in [2.45, 2.75) is 13.0 Å². The van der Waals surface area contributed by atoms with Crippen molar-refractivity contribution in [3.8, 4) is 22.6 Å². The average molecular weight is 370 g/mol. The van der Waals surface area contributed by atoms with Crippen LogP contribution in [0.2, 0.25) is 0 Å². The highest BCUT2D eigenvalue weighted by atomic mass is 16.5. The van der Waals surface area contributed by atoms with Crippen molar-refractivity contribution in [1.82, 2.24) is 10.2 Å². The number of ether oxygens (including phenoxy) is 3. The molecule has 1 N–H and O–H groups in total. The highest BCUT2D eigenvalue weighted by Crippen LogP contribution is 2.35. The lowest BCUT2D eigenvalue weighted by molar-refractivity contribution is 0.0374. The van der Waals surface area contributed by atoms with Gasteiger partial charge in [-0.05, 0) is 48.3 Å². The number of hydrogen-bond acceptors (Lipinski definition) is 5. The SMILES string of the molecule is COc1cc(CNCCCN2CCOCC2)c(-c2ccccc2)cc1OC. The van der Waals surface area contributed by atoms with E-state index in [9.17, 15) is 0 Å². The van der Waals surface area contributed by atoms with Gasteiger partial charge in [-0.2, -0.15) is 0 Å². The van der Waals surface area contributed by atoms with Crippen LogP contribution in [0.5, 0.6) is 11.5 Å². The molecule has 0 atom stereocenters. The first kappa shape index (κ1) is 19.7. The summed E-state index contributed by atoms with van der Waals surface area (Å²) in [6, 6.07) is 14.6. The summed E-state index contributed by atoms with van der Waals surface area (Å²) in [5.41, 5.74) is 3.57. The molecule has 3 rings (SSSR count). The van der Waals surface area contributed by atoms with Crippen LogP contribution in [-0.4, -0.2) is 58.5 Å². The Morgan fingerprint density at radius 1 is 1.00 bits per heavy atom. The molecule has 0 aromatic heterocycles. The zero-order valence-electron chi connectivity index (χ0n) is 16.4. The van der Waals surface area contributed by atoms with Crippen LogP contribution in [0.1, 0.15) is 12.0 Å². The normalized spacial score (nSPS) is 14.9. The van der Waals surface area contributed by atoms with Gasteiger partial charge in [0.2, 0.25) is 0 Å². The molecule has 5 heteroatoms. The molecule has 0 unspecified atom stereocenters. The predicted octanol–water partition coefficient (Wildman–Crippen LogP) is 3.18. The standard InChI is InChI=1S/C22H30N2O3/c1-25-21-15-19(17-23-9-6-10-24-11-13-27-14-12-24)20(16-22(21)26-2)18-7-4-3-5-8-18/h3-5,7-8,15-16,23H,6,9-14,17H2,1-2H3. The second-order valence-corrected chi connectivity index (χ2v) is 6.71. The molecule has 0 aliphatic carbocycles. The van der Waals surface area contributed by atoms with E-state index in [1.165, 1.54) is 16.7 Å². The van der Waals surface area contributed by atoms with E-state index in [1.54, 1.807) is 14.2 Å². The third kappa shape index (κ3) is 5.45. The van der Waals surface area contributed by atoms with Gasteiger partial charge in [0, 0.05) is 19.6 Å². The second-order valence-electron chi connectivity index (χ2n) is 6.71. The van der Waals surface area contributed by atoms with Gasteiger partial charge in [0.1, 0.15) is 0 Å². The Bertz CT molecular complexity index is 700. The van der Waals surface area contributed by atoms with Gasteiger partial charge in [0.15, 0.2) is 11.5 Å². The Kier molecular flexibility index (Phi) is 7.51. The molecule has 0 amide bonds. The maximum atomic E-state index is 5.50. The van der Waals surface area contributed by atoms with Crippen molar-refractivity contribution in [3.05, 3.63) is 48.0 Å². The molecular weight excluding hydrogens is 340 g/mol. The summed E-state index contributed by atoms with van der Waals surface area (Å²) >= 11 is 0. The van der Waals surface area contributed by atoms with E-state index in [4.69, 9.17) is 14.2 Å². The van der Waals surface area contributed by atoms with Crippen LogP contribution in [0.15, 0.2) is 42.5 Å². The largest absolute Gasteiger partial charge is 0.493 e. The van der Waals surface area contributed by atoms with Gasteiger partial charge >= 0.3 is 0 Å². The van der Waals surface area contributed by atoms with Gasteiger partial charge in [0.05, 0.1) is 27.4 Å². The first-order chi connectivity index (χ1) is 13.3. The van der Waals surface area contributed by atoms with Crippen LogP contribution in [0.25, 0.3) is 11.1 Å². The van der Waals surface area contributed by atoms with Gasteiger partial charge in [-0.3, -0.25) is 4.90 Å². The van der Waals surface area contributed by atoms with Crippen LogP contribution >= 0.6 is 0 Å².